The Labute approximate surface area is 132 Å². The molecule has 0 aliphatic heterocycles. The van der Waals surface area contributed by atoms with Crippen LogP contribution in [-0.2, 0) is 21.8 Å². The van der Waals surface area contributed by atoms with Gasteiger partial charge in [0.25, 0.3) is 0 Å². The summed E-state index contributed by atoms with van der Waals surface area (Å²) >= 11 is 0. The average Bonchev–Trinajstić information content (AvgIpc) is 2.99. The fourth-order valence-electron chi connectivity index (χ4n) is 2.36. The van der Waals surface area contributed by atoms with E-state index in [1.807, 2.05) is 6.08 Å². The average molecular weight is 308 g/mol. The molecule has 0 aromatic carbocycles. The molecule has 1 nitrogen and oxygen atoms in total. The van der Waals surface area contributed by atoms with Gasteiger partial charge in [0.2, 0.25) is 0 Å². The van der Waals surface area contributed by atoms with E-state index in [0.29, 0.717) is 0 Å². The van der Waals surface area contributed by atoms with Crippen LogP contribution in [0.4, 0.5) is 0 Å². The molecule has 2 heteroatoms. The second kappa shape index (κ2) is 17.8. The zero-order chi connectivity index (χ0) is 11.5. The van der Waals surface area contributed by atoms with Crippen LogP contribution in [-0.4, -0.2) is 6.61 Å². The molecule has 0 aromatic rings. The fourth-order valence-corrected chi connectivity index (χ4v) is 2.36. The van der Waals surface area contributed by atoms with Crippen LogP contribution in [0, 0.1) is 20.8 Å². The molecule has 2 saturated carbocycles. The van der Waals surface area contributed by atoms with Crippen LogP contribution >= 0.6 is 0 Å². The molecule has 0 atom stereocenters. The molecule has 114 valence electrons. The summed E-state index contributed by atoms with van der Waals surface area (Å²) in [5.41, 5.74) is 0. The van der Waals surface area contributed by atoms with Gasteiger partial charge in [-0.15, -0.1) is 0 Å². The van der Waals surface area contributed by atoms with E-state index in [1.165, 1.54) is 57.8 Å². The molecule has 19 heavy (non-hydrogen) atoms. The summed E-state index contributed by atoms with van der Waals surface area (Å²) < 4.78 is 5.31. The van der Waals surface area contributed by atoms with Crippen molar-refractivity contribution in [2.24, 2.45) is 5.92 Å². The van der Waals surface area contributed by atoms with Crippen molar-refractivity contribution in [3.05, 3.63) is 39.8 Å². The summed E-state index contributed by atoms with van der Waals surface area (Å²) in [7, 11) is 0. The number of allylic oxidation sites excluding steroid dienone is 2. The smallest absolute Gasteiger partial charge is 0.501 e. The predicted molar refractivity (Wildman–Crippen MR) is 83.2 cm³/mol. The summed E-state index contributed by atoms with van der Waals surface area (Å²) in [5.74, 6) is 0.810. The van der Waals surface area contributed by atoms with Gasteiger partial charge >= 0.3 is 17.1 Å². The van der Waals surface area contributed by atoms with Gasteiger partial charge in [0, 0.05) is 0 Å². The Morgan fingerprint density at radius 1 is 0.895 bits per heavy atom. The van der Waals surface area contributed by atoms with Gasteiger partial charge in [-0.3, -0.25) is 0 Å². The van der Waals surface area contributed by atoms with Gasteiger partial charge in [0.05, 0.1) is 12.9 Å². The zero-order valence-electron chi connectivity index (χ0n) is 12.8. The van der Waals surface area contributed by atoms with Crippen LogP contribution in [0.5, 0.6) is 0 Å². The van der Waals surface area contributed by atoms with E-state index in [0.717, 1.165) is 12.5 Å². The first-order valence-electron chi connectivity index (χ1n) is 6.82. The standard InChI is InChI=1S/C10H16O.C5H10.2CH3.Fe/c1-2-3-8-11-9-10-6-4-5-7-10;1-2-4-5-3-1;;;/h2-3,8,10H,1,4-7,9H2;1-5H2;2*1H3;/q;;2*-1;+2. The minimum Gasteiger partial charge on any atom is -0.501 e. The van der Waals surface area contributed by atoms with Crippen LogP contribution < -0.4 is 0 Å². The van der Waals surface area contributed by atoms with Crippen molar-refractivity contribution in [3.63, 3.8) is 0 Å². The molecular weight excluding hydrogens is 276 g/mol. The maximum Gasteiger partial charge on any atom is 2.00 e. The van der Waals surface area contributed by atoms with Crippen LogP contribution in [0.25, 0.3) is 0 Å². The van der Waals surface area contributed by atoms with Crippen LogP contribution in [0.3, 0.4) is 0 Å². The third-order valence-corrected chi connectivity index (χ3v) is 3.37. The van der Waals surface area contributed by atoms with Gasteiger partial charge in [-0.1, -0.05) is 57.6 Å². The maximum absolute atomic E-state index is 5.31. The first-order valence-corrected chi connectivity index (χ1v) is 6.82. The Hall–Kier alpha value is -0.201. The molecule has 0 bridgehead atoms. The Morgan fingerprint density at radius 3 is 1.79 bits per heavy atom. The van der Waals surface area contributed by atoms with Crippen LogP contribution in [0.15, 0.2) is 25.0 Å². The van der Waals surface area contributed by atoms with Crippen LogP contribution in [0.1, 0.15) is 57.8 Å². The van der Waals surface area contributed by atoms with E-state index in [4.69, 9.17) is 4.74 Å². The number of hydrogen-bond acceptors (Lipinski definition) is 1. The van der Waals surface area contributed by atoms with Gasteiger partial charge in [0.15, 0.2) is 0 Å². The summed E-state index contributed by atoms with van der Waals surface area (Å²) in [6.07, 6.45) is 18.3. The molecular formula is C17H32FeO. The van der Waals surface area contributed by atoms with E-state index >= 15 is 0 Å². The topological polar surface area (TPSA) is 9.23 Å². The van der Waals surface area contributed by atoms with Crippen molar-refractivity contribution in [2.45, 2.75) is 57.8 Å². The quantitative estimate of drug-likeness (QED) is 0.278. The molecule has 2 aliphatic rings. The van der Waals surface area contributed by atoms with Crippen LogP contribution in [0.2, 0.25) is 0 Å². The second-order valence-corrected chi connectivity index (χ2v) is 4.82. The molecule has 2 aliphatic carbocycles. The Bertz CT molecular complexity index is 184. The molecule has 0 amide bonds. The Kier molecular flexibility index (Phi) is 22.4. The molecule has 0 spiro atoms. The van der Waals surface area contributed by atoms with Crippen molar-refractivity contribution in [1.29, 1.82) is 0 Å². The number of hydrogen-bond donors (Lipinski definition) is 0. The summed E-state index contributed by atoms with van der Waals surface area (Å²) in [6, 6.07) is 0. The maximum atomic E-state index is 5.31. The summed E-state index contributed by atoms with van der Waals surface area (Å²) in [4.78, 5) is 0. The fraction of sp³-hybridized carbons (Fsp3) is 0.647. The first kappa shape index (κ1) is 23.9. The normalized spacial score (nSPS) is 17.5. The largest absolute Gasteiger partial charge is 2.00 e. The Morgan fingerprint density at radius 2 is 1.37 bits per heavy atom. The van der Waals surface area contributed by atoms with Crippen molar-refractivity contribution >= 4 is 0 Å². The van der Waals surface area contributed by atoms with Gasteiger partial charge in [-0.05, 0) is 24.8 Å². The third kappa shape index (κ3) is 14.0. The minimum atomic E-state index is 0. The van der Waals surface area contributed by atoms with E-state index in [9.17, 15) is 0 Å². The number of rotatable bonds is 4. The van der Waals surface area contributed by atoms with E-state index < -0.39 is 0 Å². The number of ether oxygens (including phenoxy) is 1. The molecule has 0 N–H and O–H groups in total. The van der Waals surface area contributed by atoms with Gasteiger partial charge < -0.3 is 19.6 Å². The van der Waals surface area contributed by atoms with Crippen molar-refractivity contribution in [2.75, 3.05) is 6.61 Å². The molecule has 2 rings (SSSR count). The van der Waals surface area contributed by atoms with Crippen molar-refractivity contribution in [1.82, 2.24) is 0 Å². The summed E-state index contributed by atoms with van der Waals surface area (Å²) in [5, 5.41) is 0. The molecule has 0 aromatic heterocycles. The molecule has 0 unspecified atom stereocenters. The predicted octanol–water partition coefficient (Wildman–Crippen LogP) is 5.74. The van der Waals surface area contributed by atoms with Gasteiger partial charge in [-0.25, -0.2) is 0 Å². The van der Waals surface area contributed by atoms with E-state index in [-0.39, 0.29) is 31.9 Å². The molecule has 2 fully saturated rings. The van der Waals surface area contributed by atoms with Gasteiger partial charge in [-0.2, -0.15) is 0 Å². The Balaban J connectivity index is -0.000000277. The van der Waals surface area contributed by atoms with E-state index in [2.05, 4.69) is 6.58 Å². The van der Waals surface area contributed by atoms with E-state index in [1.54, 1.807) is 12.3 Å². The summed E-state index contributed by atoms with van der Waals surface area (Å²) in [6.45, 7) is 4.46. The minimum absolute atomic E-state index is 0. The zero-order valence-corrected chi connectivity index (χ0v) is 14.0. The monoisotopic (exact) mass is 308 g/mol. The van der Waals surface area contributed by atoms with Crippen molar-refractivity contribution in [3.8, 4) is 0 Å². The molecule has 0 heterocycles. The van der Waals surface area contributed by atoms with Gasteiger partial charge in [0.1, 0.15) is 0 Å². The second-order valence-electron chi connectivity index (χ2n) is 4.82. The molecule has 0 saturated heterocycles. The first-order chi connectivity index (χ1) is 7.93. The SMILES string of the molecule is C1CCCC1.C=CC=COCC1CCCC1.[CH3-].[CH3-].[Fe+2]. The van der Waals surface area contributed by atoms with Crippen molar-refractivity contribution < 1.29 is 21.8 Å². The third-order valence-electron chi connectivity index (χ3n) is 3.37. The molecule has 0 radical (unpaired) electrons.